The van der Waals surface area contributed by atoms with E-state index in [0.29, 0.717) is 34.1 Å². The molecule has 4 aromatic rings. The van der Waals surface area contributed by atoms with Crippen molar-refractivity contribution in [2.24, 2.45) is 0 Å². The summed E-state index contributed by atoms with van der Waals surface area (Å²) < 4.78 is 7.73. The van der Waals surface area contributed by atoms with Crippen molar-refractivity contribution < 1.29 is 76.9 Å². The largest absolute Gasteiger partial charge is 1.00 e. The molecule has 0 unspecified atom stereocenters. The SMILES string of the molecule is CCc1cc(-c2n[nH]c(=S)n2-c2ccc(OC)c3[nH]c(C(C)C)cc23)c(O)cc1O.[H-].[H-].[Na+].[Na+]. The molecule has 0 atom stereocenters. The summed E-state index contributed by atoms with van der Waals surface area (Å²) in [7, 11) is 1.64. The predicted molar refractivity (Wildman–Crippen MR) is 122 cm³/mol. The van der Waals surface area contributed by atoms with E-state index >= 15 is 0 Å². The van der Waals surface area contributed by atoms with Gasteiger partial charge in [-0.05, 0) is 54.4 Å². The van der Waals surface area contributed by atoms with Crippen molar-refractivity contribution in [1.29, 1.82) is 0 Å². The molecule has 0 amide bonds. The molecule has 0 aliphatic heterocycles. The number of aromatic hydroxyl groups is 2. The maximum atomic E-state index is 10.5. The second-order valence-electron chi connectivity index (χ2n) is 7.49. The Labute approximate surface area is 238 Å². The number of H-pyrrole nitrogens is 2. The zero-order valence-electron chi connectivity index (χ0n) is 21.3. The second-order valence-corrected chi connectivity index (χ2v) is 7.88. The Hall–Kier alpha value is -1.26. The van der Waals surface area contributed by atoms with Gasteiger partial charge in [-0.2, -0.15) is 5.10 Å². The molecule has 0 aliphatic rings. The third-order valence-electron chi connectivity index (χ3n) is 5.33. The number of phenolic OH excluding ortho intramolecular Hbond substituents is 2. The number of hydrogen-bond donors (Lipinski definition) is 4. The molecular weight excluding hydrogens is 446 g/mol. The maximum absolute atomic E-state index is 10.5. The molecule has 2 aromatic heterocycles. The summed E-state index contributed by atoms with van der Waals surface area (Å²) >= 11 is 5.54. The van der Waals surface area contributed by atoms with Crippen LogP contribution in [0.2, 0.25) is 0 Å². The molecule has 4 rings (SSSR count). The van der Waals surface area contributed by atoms with Crippen LogP contribution in [-0.4, -0.2) is 37.1 Å². The topological polar surface area (TPSA) is 99.1 Å². The maximum Gasteiger partial charge on any atom is 1.00 e. The van der Waals surface area contributed by atoms with Gasteiger partial charge in [-0.1, -0.05) is 20.8 Å². The molecule has 0 aliphatic carbocycles. The van der Waals surface area contributed by atoms with Crippen LogP contribution in [0.1, 0.15) is 40.8 Å². The van der Waals surface area contributed by atoms with Crippen molar-refractivity contribution in [3.63, 3.8) is 0 Å². The smallest absolute Gasteiger partial charge is 1.00 e. The van der Waals surface area contributed by atoms with E-state index in [-0.39, 0.29) is 73.5 Å². The first-order valence-electron chi connectivity index (χ1n) is 9.78. The number of ether oxygens (including phenoxy) is 1. The minimum atomic E-state index is -0.0679. The number of aromatic amines is 2. The van der Waals surface area contributed by atoms with E-state index in [1.54, 1.807) is 17.7 Å². The molecule has 10 heteroatoms. The fraction of sp³-hybridized carbons (Fsp3) is 0.273. The second kappa shape index (κ2) is 10.8. The Bertz CT molecular complexity index is 1320. The first-order chi connectivity index (χ1) is 14.3. The van der Waals surface area contributed by atoms with Crippen LogP contribution in [0.5, 0.6) is 17.2 Å². The first kappa shape index (κ1) is 27.0. The number of phenols is 2. The Kier molecular flexibility index (Phi) is 9.09. The molecule has 0 saturated carbocycles. The number of aromatic nitrogens is 4. The zero-order chi connectivity index (χ0) is 21.6. The average Bonchev–Trinajstić information content (AvgIpc) is 3.32. The number of rotatable bonds is 5. The van der Waals surface area contributed by atoms with Crippen LogP contribution in [-0.2, 0) is 6.42 Å². The third kappa shape index (κ3) is 4.68. The Morgan fingerprint density at radius 3 is 2.50 bits per heavy atom. The molecule has 7 nitrogen and oxygen atoms in total. The standard InChI is InChI=1S/C22H24N4O3S.2Na.2H/c1-5-12-8-14(18(28)10-17(12)27)21-24-25-22(30)26(21)16-6-7-19(29-4)20-13(16)9-15(23-20)11(2)3;;;;/h6-11,23,27-28H,5H2,1-4H3,(H,25,30);;;;/q;2*+1;2*-1. The van der Waals surface area contributed by atoms with Gasteiger partial charge in [-0.3, -0.25) is 9.67 Å². The molecule has 2 aromatic carbocycles. The molecule has 2 heterocycles. The van der Waals surface area contributed by atoms with Crippen molar-refractivity contribution in [2.75, 3.05) is 7.11 Å². The number of benzene rings is 2. The minimum absolute atomic E-state index is 0. The van der Waals surface area contributed by atoms with Gasteiger partial charge in [-0.25, -0.2) is 0 Å². The zero-order valence-corrected chi connectivity index (χ0v) is 24.1. The van der Waals surface area contributed by atoms with Crippen molar-refractivity contribution >= 4 is 23.1 Å². The Balaban J connectivity index is 0.00000272. The normalized spacial score (nSPS) is 10.8. The Morgan fingerprint density at radius 1 is 1.16 bits per heavy atom. The van der Waals surface area contributed by atoms with Crippen molar-refractivity contribution in [1.82, 2.24) is 19.7 Å². The molecule has 160 valence electrons. The number of nitrogens with zero attached hydrogens (tertiary/aromatic N) is 2. The van der Waals surface area contributed by atoms with Gasteiger partial charge in [0.15, 0.2) is 10.6 Å². The van der Waals surface area contributed by atoms with Crippen molar-refractivity contribution in [3.8, 4) is 34.3 Å². The third-order valence-corrected chi connectivity index (χ3v) is 5.60. The van der Waals surface area contributed by atoms with Crippen molar-refractivity contribution in [2.45, 2.75) is 33.1 Å². The number of fused-ring (bicyclic) bond motifs is 1. The molecule has 0 fully saturated rings. The Morgan fingerprint density at radius 2 is 1.88 bits per heavy atom. The van der Waals surface area contributed by atoms with Crippen LogP contribution in [0.15, 0.2) is 30.3 Å². The minimum Gasteiger partial charge on any atom is -1.00 e. The van der Waals surface area contributed by atoms with Crippen LogP contribution in [0.25, 0.3) is 28.0 Å². The van der Waals surface area contributed by atoms with Gasteiger partial charge in [0.25, 0.3) is 0 Å². The molecule has 32 heavy (non-hydrogen) atoms. The fourth-order valence-electron chi connectivity index (χ4n) is 3.66. The van der Waals surface area contributed by atoms with Gasteiger partial charge in [0, 0.05) is 17.1 Å². The number of hydrogen-bond acceptors (Lipinski definition) is 5. The molecular formula is C22H26N4Na2O3S. The summed E-state index contributed by atoms with van der Waals surface area (Å²) in [5.41, 5.74) is 3.96. The van der Waals surface area contributed by atoms with Crippen LogP contribution in [0, 0.1) is 4.77 Å². The average molecular weight is 473 g/mol. The van der Waals surface area contributed by atoms with E-state index < -0.39 is 0 Å². The van der Waals surface area contributed by atoms with Crippen molar-refractivity contribution in [3.05, 3.63) is 46.4 Å². The molecule has 0 saturated heterocycles. The predicted octanol–water partition coefficient (Wildman–Crippen LogP) is -0.583. The van der Waals surface area contributed by atoms with Crippen LogP contribution < -0.4 is 63.9 Å². The van der Waals surface area contributed by atoms with E-state index in [4.69, 9.17) is 17.0 Å². The summed E-state index contributed by atoms with van der Waals surface area (Å²) in [4.78, 5) is 3.45. The monoisotopic (exact) mass is 472 g/mol. The quantitative estimate of drug-likeness (QED) is 0.230. The van der Waals surface area contributed by atoms with E-state index in [1.807, 2.05) is 19.1 Å². The van der Waals surface area contributed by atoms with Crippen LogP contribution >= 0.6 is 12.2 Å². The van der Waals surface area contributed by atoms with Gasteiger partial charge in [0.1, 0.15) is 17.2 Å². The number of methoxy groups -OCH3 is 1. The molecule has 4 N–H and O–H groups in total. The van der Waals surface area contributed by atoms with E-state index in [9.17, 15) is 10.2 Å². The fourth-order valence-corrected chi connectivity index (χ4v) is 3.89. The van der Waals surface area contributed by atoms with Gasteiger partial charge in [-0.15, -0.1) is 0 Å². The number of nitrogens with one attached hydrogen (secondary N) is 2. The van der Waals surface area contributed by atoms with Crippen LogP contribution in [0.3, 0.4) is 0 Å². The molecule has 0 spiro atoms. The molecule has 0 bridgehead atoms. The van der Waals surface area contributed by atoms with Gasteiger partial charge < -0.3 is 22.8 Å². The summed E-state index contributed by atoms with van der Waals surface area (Å²) in [6.07, 6.45) is 0.618. The van der Waals surface area contributed by atoms with Gasteiger partial charge in [0.05, 0.1) is 23.9 Å². The van der Waals surface area contributed by atoms with Gasteiger partial charge in [0.2, 0.25) is 0 Å². The van der Waals surface area contributed by atoms with Crippen LogP contribution in [0.4, 0.5) is 0 Å². The summed E-state index contributed by atoms with van der Waals surface area (Å²) in [6.45, 7) is 6.17. The van der Waals surface area contributed by atoms with E-state index in [2.05, 4.69) is 35.1 Å². The summed E-state index contributed by atoms with van der Waals surface area (Å²) in [5.74, 6) is 1.49. The first-order valence-corrected chi connectivity index (χ1v) is 10.2. The summed E-state index contributed by atoms with van der Waals surface area (Å²) in [6, 6.07) is 8.97. The van der Waals surface area contributed by atoms with Gasteiger partial charge >= 0.3 is 59.1 Å². The summed E-state index contributed by atoms with van der Waals surface area (Å²) in [5, 5.41) is 28.8. The van der Waals surface area contributed by atoms with E-state index in [0.717, 1.165) is 28.0 Å². The van der Waals surface area contributed by atoms with E-state index in [1.165, 1.54) is 6.07 Å². The molecule has 0 radical (unpaired) electrons. The number of aryl methyl sites for hydroxylation is 1.